The minimum absolute atomic E-state index is 0.00904. The highest BCUT2D eigenvalue weighted by molar-refractivity contribution is 7.99. The molecule has 1 amide bonds. The predicted octanol–water partition coefficient (Wildman–Crippen LogP) is 2.75. The normalized spacial score (nSPS) is 12.2. The SMILES string of the molecule is CCCC(O)CNC(=O)CCSc1ccc(C)cc1. The predicted molar refractivity (Wildman–Crippen MR) is 80.4 cm³/mol. The Hall–Kier alpha value is -1.00. The summed E-state index contributed by atoms with van der Waals surface area (Å²) < 4.78 is 0. The molecular weight excluding hydrogens is 258 g/mol. The van der Waals surface area contributed by atoms with Crippen molar-refractivity contribution in [2.24, 2.45) is 0 Å². The molecule has 1 atom stereocenters. The van der Waals surface area contributed by atoms with Crippen molar-refractivity contribution in [1.29, 1.82) is 0 Å². The lowest BCUT2D eigenvalue weighted by Gasteiger charge is -2.10. The topological polar surface area (TPSA) is 49.3 Å². The molecule has 106 valence electrons. The van der Waals surface area contributed by atoms with Gasteiger partial charge in [-0.2, -0.15) is 0 Å². The first-order valence-corrected chi connectivity index (χ1v) is 7.74. The lowest BCUT2D eigenvalue weighted by atomic mass is 10.2. The van der Waals surface area contributed by atoms with Gasteiger partial charge in [0.1, 0.15) is 0 Å². The Labute approximate surface area is 119 Å². The van der Waals surface area contributed by atoms with Crippen LogP contribution < -0.4 is 5.32 Å². The van der Waals surface area contributed by atoms with Gasteiger partial charge in [0.15, 0.2) is 0 Å². The number of hydrogen-bond acceptors (Lipinski definition) is 3. The second kappa shape index (κ2) is 8.99. The Kier molecular flexibility index (Phi) is 7.60. The smallest absolute Gasteiger partial charge is 0.220 e. The molecule has 0 bridgehead atoms. The Morgan fingerprint density at radius 1 is 1.37 bits per heavy atom. The molecule has 0 radical (unpaired) electrons. The summed E-state index contributed by atoms with van der Waals surface area (Å²) in [6.45, 7) is 4.44. The van der Waals surface area contributed by atoms with Crippen LogP contribution in [0.5, 0.6) is 0 Å². The van der Waals surface area contributed by atoms with Crippen LogP contribution in [-0.4, -0.2) is 29.4 Å². The van der Waals surface area contributed by atoms with Gasteiger partial charge in [0.05, 0.1) is 6.10 Å². The van der Waals surface area contributed by atoms with Crippen LogP contribution in [0, 0.1) is 6.92 Å². The molecule has 1 aromatic rings. The van der Waals surface area contributed by atoms with Crippen molar-refractivity contribution in [3.05, 3.63) is 29.8 Å². The first kappa shape index (κ1) is 16.1. The zero-order valence-electron chi connectivity index (χ0n) is 11.7. The summed E-state index contributed by atoms with van der Waals surface area (Å²) in [5.41, 5.74) is 1.24. The standard InChI is InChI=1S/C15H23NO2S/c1-3-4-13(17)11-16-15(18)9-10-19-14-7-5-12(2)6-8-14/h5-8,13,17H,3-4,9-11H2,1-2H3,(H,16,18). The van der Waals surface area contributed by atoms with Crippen LogP contribution >= 0.6 is 11.8 Å². The van der Waals surface area contributed by atoms with Crippen molar-refractivity contribution in [1.82, 2.24) is 5.32 Å². The molecule has 1 aromatic carbocycles. The molecule has 0 fully saturated rings. The maximum atomic E-state index is 11.6. The molecule has 1 rings (SSSR count). The van der Waals surface area contributed by atoms with Crippen LogP contribution in [0.25, 0.3) is 0 Å². The Bertz CT molecular complexity index is 378. The van der Waals surface area contributed by atoms with Gasteiger partial charge in [-0.15, -0.1) is 11.8 Å². The highest BCUT2D eigenvalue weighted by Gasteiger charge is 2.06. The maximum absolute atomic E-state index is 11.6. The molecular formula is C15H23NO2S. The molecule has 0 saturated carbocycles. The zero-order valence-corrected chi connectivity index (χ0v) is 12.5. The van der Waals surface area contributed by atoms with Crippen LogP contribution in [0.2, 0.25) is 0 Å². The van der Waals surface area contributed by atoms with Crippen molar-refractivity contribution < 1.29 is 9.90 Å². The summed E-state index contributed by atoms with van der Waals surface area (Å²) in [6, 6.07) is 8.29. The molecule has 1 unspecified atom stereocenters. The minimum atomic E-state index is -0.418. The van der Waals surface area contributed by atoms with Crippen LogP contribution in [0.15, 0.2) is 29.2 Å². The maximum Gasteiger partial charge on any atom is 0.220 e. The molecule has 3 nitrogen and oxygen atoms in total. The fraction of sp³-hybridized carbons (Fsp3) is 0.533. The quantitative estimate of drug-likeness (QED) is 0.720. The summed E-state index contributed by atoms with van der Waals surface area (Å²) in [7, 11) is 0. The summed E-state index contributed by atoms with van der Waals surface area (Å²) in [5.74, 6) is 0.772. The van der Waals surface area contributed by atoms with Gasteiger partial charge >= 0.3 is 0 Å². The van der Waals surface area contributed by atoms with Gasteiger partial charge in [-0.3, -0.25) is 4.79 Å². The van der Waals surface area contributed by atoms with E-state index < -0.39 is 6.10 Å². The van der Waals surface area contributed by atoms with Crippen molar-refractivity contribution in [2.75, 3.05) is 12.3 Å². The van der Waals surface area contributed by atoms with Crippen molar-refractivity contribution in [3.63, 3.8) is 0 Å². The molecule has 19 heavy (non-hydrogen) atoms. The summed E-state index contributed by atoms with van der Waals surface area (Å²) in [6.07, 6.45) is 1.73. The summed E-state index contributed by atoms with van der Waals surface area (Å²) in [4.78, 5) is 12.7. The third-order valence-electron chi connectivity index (χ3n) is 2.78. The zero-order chi connectivity index (χ0) is 14.1. The summed E-state index contributed by atoms with van der Waals surface area (Å²) in [5, 5.41) is 12.3. The average molecular weight is 281 g/mol. The molecule has 0 aliphatic heterocycles. The van der Waals surface area contributed by atoms with E-state index >= 15 is 0 Å². The van der Waals surface area contributed by atoms with Gasteiger partial charge in [0, 0.05) is 23.6 Å². The number of amides is 1. The van der Waals surface area contributed by atoms with E-state index in [0.29, 0.717) is 13.0 Å². The van der Waals surface area contributed by atoms with Crippen molar-refractivity contribution >= 4 is 17.7 Å². The van der Waals surface area contributed by atoms with E-state index in [-0.39, 0.29) is 5.91 Å². The molecule has 0 aliphatic carbocycles. The third kappa shape index (κ3) is 7.23. The largest absolute Gasteiger partial charge is 0.391 e. The highest BCUT2D eigenvalue weighted by Crippen LogP contribution is 2.18. The number of carbonyl (C=O) groups is 1. The Morgan fingerprint density at radius 3 is 2.68 bits per heavy atom. The van der Waals surface area contributed by atoms with Gasteiger partial charge in [0.2, 0.25) is 5.91 Å². The van der Waals surface area contributed by atoms with Crippen molar-refractivity contribution in [2.45, 2.75) is 44.1 Å². The number of nitrogens with one attached hydrogen (secondary N) is 1. The second-order valence-corrected chi connectivity index (χ2v) is 5.83. The van der Waals surface area contributed by atoms with Crippen LogP contribution in [-0.2, 0) is 4.79 Å². The van der Waals surface area contributed by atoms with Crippen LogP contribution in [0.1, 0.15) is 31.7 Å². The minimum Gasteiger partial charge on any atom is -0.391 e. The monoisotopic (exact) mass is 281 g/mol. The fourth-order valence-electron chi connectivity index (χ4n) is 1.65. The molecule has 0 aliphatic rings. The molecule has 0 heterocycles. The van der Waals surface area contributed by atoms with Gasteiger partial charge in [0.25, 0.3) is 0 Å². The van der Waals surface area contributed by atoms with E-state index in [9.17, 15) is 9.90 Å². The van der Waals surface area contributed by atoms with Crippen LogP contribution in [0.4, 0.5) is 0 Å². The van der Waals surface area contributed by atoms with Gasteiger partial charge < -0.3 is 10.4 Å². The van der Waals surface area contributed by atoms with Gasteiger partial charge in [-0.05, 0) is 25.5 Å². The average Bonchev–Trinajstić information content (AvgIpc) is 2.39. The Morgan fingerprint density at radius 2 is 2.05 bits per heavy atom. The van der Waals surface area contributed by atoms with Crippen molar-refractivity contribution in [3.8, 4) is 0 Å². The van der Waals surface area contributed by atoms with E-state index in [1.807, 2.05) is 6.92 Å². The lowest BCUT2D eigenvalue weighted by Crippen LogP contribution is -2.32. The summed E-state index contributed by atoms with van der Waals surface area (Å²) >= 11 is 1.68. The number of rotatable bonds is 8. The highest BCUT2D eigenvalue weighted by atomic mass is 32.2. The van der Waals surface area contributed by atoms with E-state index in [2.05, 4.69) is 36.5 Å². The molecule has 0 spiro atoms. The van der Waals surface area contributed by atoms with Gasteiger partial charge in [-0.25, -0.2) is 0 Å². The van der Waals surface area contributed by atoms with E-state index in [0.717, 1.165) is 18.6 Å². The van der Waals surface area contributed by atoms with E-state index in [4.69, 9.17) is 0 Å². The second-order valence-electron chi connectivity index (χ2n) is 4.66. The number of aryl methyl sites for hydroxylation is 1. The molecule has 4 heteroatoms. The van der Waals surface area contributed by atoms with E-state index in [1.54, 1.807) is 11.8 Å². The molecule has 2 N–H and O–H groups in total. The fourth-order valence-corrected chi connectivity index (χ4v) is 2.50. The number of hydrogen-bond donors (Lipinski definition) is 2. The number of benzene rings is 1. The first-order valence-electron chi connectivity index (χ1n) is 6.76. The van der Waals surface area contributed by atoms with Crippen LogP contribution in [0.3, 0.4) is 0 Å². The number of aliphatic hydroxyl groups is 1. The third-order valence-corrected chi connectivity index (χ3v) is 3.79. The molecule has 0 saturated heterocycles. The Balaban J connectivity index is 2.15. The number of aliphatic hydroxyl groups excluding tert-OH is 1. The number of thioether (sulfide) groups is 1. The molecule has 0 aromatic heterocycles. The first-order chi connectivity index (χ1) is 9.11. The number of carbonyl (C=O) groups excluding carboxylic acids is 1. The van der Waals surface area contributed by atoms with Gasteiger partial charge in [-0.1, -0.05) is 31.0 Å². The van der Waals surface area contributed by atoms with E-state index in [1.165, 1.54) is 10.5 Å². The lowest BCUT2D eigenvalue weighted by molar-refractivity contribution is -0.121.